The van der Waals surface area contributed by atoms with Gasteiger partial charge in [0.1, 0.15) is 5.60 Å². The van der Waals surface area contributed by atoms with Crippen LogP contribution in [0.5, 0.6) is 0 Å². The molecule has 1 fully saturated rings. The summed E-state index contributed by atoms with van der Waals surface area (Å²) in [5, 5.41) is 0. The Labute approximate surface area is 118 Å². The predicted molar refractivity (Wildman–Crippen MR) is 80.8 cm³/mol. The molecule has 1 amide bonds. The minimum absolute atomic E-state index is 0.453. The van der Waals surface area contributed by atoms with Crippen molar-refractivity contribution >= 4 is 6.09 Å². The van der Waals surface area contributed by atoms with Crippen LogP contribution in [0.3, 0.4) is 0 Å². The summed E-state index contributed by atoms with van der Waals surface area (Å²) in [4.78, 5) is 12.6. The third kappa shape index (κ3) is 14.7. The molecule has 4 heteroatoms. The highest BCUT2D eigenvalue weighted by Crippen LogP contribution is 2.14. The van der Waals surface area contributed by atoms with Gasteiger partial charge < -0.3 is 15.4 Å². The number of carbonyl (C=O) groups excluding carboxylic acids is 1. The van der Waals surface area contributed by atoms with Crippen LogP contribution < -0.4 is 5.73 Å². The van der Waals surface area contributed by atoms with E-state index in [9.17, 15) is 4.79 Å². The first-order valence-corrected chi connectivity index (χ1v) is 6.78. The number of nitrogens with two attached hydrogens (primary N) is 1. The van der Waals surface area contributed by atoms with E-state index < -0.39 is 11.7 Å². The first kappa shape index (κ1) is 20.1. The summed E-state index contributed by atoms with van der Waals surface area (Å²) in [6.45, 7) is 13.8. The number of likely N-dealkylation sites (tertiary alicyclic amines) is 1. The number of carbonyl (C=O) groups is 1. The molecule has 0 aromatic carbocycles. The molecule has 0 spiro atoms. The quantitative estimate of drug-likeness (QED) is 0.745. The second-order valence-corrected chi connectivity index (χ2v) is 5.67. The van der Waals surface area contributed by atoms with E-state index in [1.807, 2.05) is 0 Å². The highest BCUT2D eigenvalue weighted by molar-refractivity contribution is 5.65. The van der Waals surface area contributed by atoms with Gasteiger partial charge in [-0.3, -0.25) is 0 Å². The Balaban J connectivity index is 0. The minimum Gasteiger partial charge on any atom is -0.444 e. The van der Waals surface area contributed by atoms with Crippen LogP contribution in [0.4, 0.5) is 4.79 Å². The highest BCUT2D eigenvalue weighted by atomic mass is 16.6. The van der Waals surface area contributed by atoms with Crippen LogP contribution in [0.25, 0.3) is 0 Å². The van der Waals surface area contributed by atoms with Gasteiger partial charge in [-0.05, 0) is 52.6 Å². The molecule has 4 nitrogen and oxygen atoms in total. The van der Waals surface area contributed by atoms with Crippen LogP contribution in [-0.2, 0) is 4.74 Å². The van der Waals surface area contributed by atoms with Gasteiger partial charge in [0.25, 0.3) is 0 Å². The summed E-state index contributed by atoms with van der Waals surface area (Å²) in [6.07, 6.45) is 10.1. The molecular formula is C15H30N2O2. The van der Waals surface area contributed by atoms with Crippen LogP contribution in [0, 0.1) is 18.8 Å². The Hall–Kier alpha value is -1.21. The average Bonchev–Trinajstić information content (AvgIpc) is 2.29. The molecule has 1 saturated heterocycles. The van der Waals surface area contributed by atoms with Crippen molar-refractivity contribution in [3.63, 3.8) is 0 Å². The number of ether oxygens (including phenoxy) is 1. The van der Waals surface area contributed by atoms with Crippen molar-refractivity contribution in [3.05, 3.63) is 0 Å². The van der Waals surface area contributed by atoms with E-state index in [2.05, 4.69) is 36.3 Å². The van der Waals surface area contributed by atoms with Gasteiger partial charge in [-0.15, -0.1) is 12.8 Å². The molecular weight excluding hydrogens is 240 g/mol. The van der Waals surface area contributed by atoms with Crippen LogP contribution in [0.2, 0.25) is 0 Å². The van der Waals surface area contributed by atoms with E-state index in [1.54, 1.807) is 20.8 Å². The van der Waals surface area contributed by atoms with Crippen LogP contribution >= 0.6 is 0 Å². The highest BCUT2D eigenvalue weighted by Gasteiger charge is 2.13. The molecule has 0 saturated carbocycles. The Kier molecular flexibility index (Phi) is 11.3. The summed E-state index contributed by atoms with van der Waals surface area (Å²) < 4.78 is 4.58. The van der Waals surface area contributed by atoms with Gasteiger partial charge in [-0.2, -0.15) is 0 Å². The maximum atomic E-state index is 10.0. The average molecular weight is 270 g/mol. The maximum absolute atomic E-state index is 10.0. The topological polar surface area (TPSA) is 55.6 Å². The fourth-order valence-corrected chi connectivity index (χ4v) is 1.88. The van der Waals surface area contributed by atoms with Gasteiger partial charge in [0.15, 0.2) is 0 Å². The van der Waals surface area contributed by atoms with Gasteiger partial charge in [-0.25, -0.2) is 4.79 Å². The number of piperidine rings is 1. The molecule has 112 valence electrons. The van der Waals surface area contributed by atoms with Crippen LogP contribution in [-0.4, -0.2) is 36.2 Å². The zero-order valence-corrected chi connectivity index (χ0v) is 13.1. The first-order chi connectivity index (χ1) is 8.74. The van der Waals surface area contributed by atoms with Crippen molar-refractivity contribution in [1.82, 2.24) is 4.90 Å². The number of nitrogens with zero attached hydrogens (tertiary/aromatic N) is 1. The molecule has 0 unspecified atom stereocenters. The SMILES string of the molecule is C#C.CC(C)(C)OC(N)=O.CCN1CCC[C@@H](C)C1. The van der Waals surface area contributed by atoms with Gasteiger partial charge in [0, 0.05) is 6.54 Å². The number of hydrogen-bond acceptors (Lipinski definition) is 3. The Morgan fingerprint density at radius 2 is 1.95 bits per heavy atom. The largest absolute Gasteiger partial charge is 0.444 e. The summed E-state index contributed by atoms with van der Waals surface area (Å²) in [5.74, 6) is 0.943. The summed E-state index contributed by atoms with van der Waals surface area (Å²) in [7, 11) is 0. The van der Waals surface area contributed by atoms with Gasteiger partial charge >= 0.3 is 6.09 Å². The summed E-state index contributed by atoms with van der Waals surface area (Å²) in [5.41, 5.74) is 4.26. The minimum atomic E-state index is -0.725. The fourth-order valence-electron chi connectivity index (χ4n) is 1.88. The molecule has 0 aromatic heterocycles. The lowest BCUT2D eigenvalue weighted by molar-refractivity contribution is 0.0600. The Bertz CT molecular complexity index is 257. The number of amides is 1. The smallest absolute Gasteiger partial charge is 0.405 e. The Morgan fingerprint density at radius 1 is 1.42 bits per heavy atom. The molecule has 0 bridgehead atoms. The molecule has 1 aliphatic heterocycles. The van der Waals surface area contributed by atoms with Crippen molar-refractivity contribution in [2.75, 3.05) is 19.6 Å². The zero-order valence-electron chi connectivity index (χ0n) is 13.1. The fraction of sp³-hybridized carbons (Fsp3) is 0.800. The van der Waals surface area contributed by atoms with Crippen molar-refractivity contribution in [2.45, 2.75) is 53.1 Å². The number of terminal acetylenes is 1. The van der Waals surface area contributed by atoms with Gasteiger partial charge in [-0.1, -0.05) is 13.8 Å². The van der Waals surface area contributed by atoms with E-state index in [0.717, 1.165) is 5.92 Å². The molecule has 19 heavy (non-hydrogen) atoms. The van der Waals surface area contributed by atoms with E-state index in [1.165, 1.54) is 32.5 Å². The predicted octanol–water partition coefficient (Wildman–Crippen LogP) is 2.87. The molecule has 1 atom stereocenters. The molecule has 1 rings (SSSR count). The lowest BCUT2D eigenvalue weighted by Gasteiger charge is -2.29. The summed E-state index contributed by atoms with van der Waals surface area (Å²) in [6, 6.07) is 0. The second-order valence-electron chi connectivity index (χ2n) is 5.67. The number of hydrogen-bond donors (Lipinski definition) is 1. The lowest BCUT2D eigenvalue weighted by atomic mass is 10.0. The molecule has 0 aromatic rings. The first-order valence-electron chi connectivity index (χ1n) is 6.78. The molecule has 0 radical (unpaired) electrons. The zero-order chi connectivity index (χ0) is 15.5. The third-order valence-electron chi connectivity index (χ3n) is 2.60. The second kappa shape index (κ2) is 10.7. The molecule has 2 N–H and O–H groups in total. The van der Waals surface area contributed by atoms with Crippen molar-refractivity contribution in [1.29, 1.82) is 0 Å². The van der Waals surface area contributed by atoms with E-state index >= 15 is 0 Å². The lowest BCUT2D eigenvalue weighted by Crippen LogP contribution is -2.33. The summed E-state index contributed by atoms with van der Waals surface area (Å²) >= 11 is 0. The van der Waals surface area contributed by atoms with Crippen LogP contribution in [0.1, 0.15) is 47.5 Å². The monoisotopic (exact) mass is 270 g/mol. The van der Waals surface area contributed by atoms with E-state index in [0.29, 0.717) is 0 Å². The maximum Gasteiger partial charge on any atom is 0.405 e. The molecule has 1 heterocycles. The van der Waals surface area contributed by atoms with Gasteiger partial charge in [0.05, 0.1) is 0 Å². The third-order valence-corrected chi connectivity index (χ3v) is 2.60. The molecule has 1 aliphatic rings. The van der Waals surface area contributed by atoms with Crippen molar-refractivity contribution < 1.29 is 9.53 Å². The van der Waals surface area contributed by atoms with Gasteiger partial charge in [0.2, 0.25) is 0 Å². The Morgan fingerprint density at radius 3 is 2.16 bits per heavy atom. The number of rotatable bonds is 1. The van der Waals surface area contributed by atoms with E-state index in [-0.39, 0.29) is 0 Å². The van der Waals surface area contributed by atoms with E-state index in [4.69, 9.17) is 5.73 Å². The van der Waals surface area contributed by atoms with Crippen molar-refractivity contribution in [3.8, 4) is 12.8 Å². The van der Waals surface area contributed by atoms with Crippen LogP contribution in [0.15, 0.2) is 0 Å². The number of primary amides is 1. The standard InChI is InChI=1S/C8H17N.C5H11NO2.C2H2/c1-3-9-6-4-5-8(2)7-9;1-5(2,3)8-4(6)7;1-2/h8H,3-7H2,1-2H3;1-3H3,(H2,6,7);1-2H/t8-;;/m1../s1. The molecule has 0 aliphatic carbocycles. The normalized spacial score (nSPS) is 19.2. The van der Waals surface area contributed by atoms with Crippen molar-refractivity contribution in [2.24, 2.45) is 11.7 Å².